The lowest BCUT2D eigenvalue weighted by Gasteiger charge is -2.24. The summed E-state index contributed by atoms with van der Waals surface area (Å²) >= 11 is 1.28. The standard InChI is InChI=1S/C27H28N2O5S/c1-6-33-24-19(9-8-10-20(24)32-5)15-21-25(30)29-23(18-13-11-16(3)12-14-18)22(26(31)34-7-2)17(4)28-27(29)35-21/h8-15,23H,6-7H2,1-5H3/b21-15-/t23-/m0/s1. The number of carbonyl (C=O) groups is 1. The molecular formula is C27H28N2O5S. The Balaban J connectivity index is 1.96. The van der Waals surface area contributed by atoms with Gasteiger partial charge >= 0.3 is 5.97 Å². The highest BCUT2D eigenvalue weighted by Gasteiger charge is 2.33. The van der Waals surface area contributed by atoms with Gasteiger partial charge in [-0.2, -0.15) is 0 Å². The number of aromatic nitrogens is 1. The number of methoxy groups -OCH3 is 1. The van der Waals surface area contributed by atoms with Gasteiger partial charge < -0.3 is 14.2 Å². The molecule has 0 bridgehead atoms. The van der Waals surface area contributed by atoms with Gasteiger partial charge in [-0.3, -0.25) is 9.36 Å². The molecule has 0 unspecified atom stereocenters. The Morgan fingerprint density at radius 3 is 2.51 bits per heavy atom. The predicted molar refractivity (Wildman–Crippen MR) is 136 cm³/mol. The second-order valence-electron chi connectivity index (χ2n) is 8.02. The minimum atomic E-state index is -0.635. The molecule has 4 rings (SSSR count). The number of carbonyl (C=O) groups excluding carboxylic acids is 1. The van der Waals surface area contributed by atoms with Gasteiger partial charge in [-0.15, -0.1) is 0 Å². The number of esters is 1. The van der Waals surface area contributed by atoms with E-state index in [1.54, 1.807) is 31.6 Å². The van der Waals surface area contributed by atoms with Crippen LogP contribution in [0.25, 0.3) is 6.08 Å². The van der Waals surface area contributed by atoms with E-state index in [0.29, 0.717) is 38.7 Å². The number of para-hydroxylation sites is 1. The van der Waals surface area contributed by atoms with Crippen LogP contribution in [0.5, 0.6) is 11.5 Å². The van der Waals surface area contributed by atoms with Crippen molar-refractivity contribution in [2.75, 3.05) is 20.3 Å². The van der Waals surface area contributed by atoms with E-state index in [0.717, 1.165) is 16.7 Å². The Labute approximate surface area is 207 Å². The summed E-state index contributed by atoms with van der Waals surface area (Å²) in [6.07, 6.45) is 1.78. The first-order valence-electron chi connectivity index (χ1n) is 11.5. The summed E-state index contributed by atoms with van der Waals surface area (Å²) < 4.78 is 18.7. The summed E-state index contributed by atoms with van der Waals surface area (Å²) in [5.74, 6) is 0.688. The molecule has 7 nitrogen and oxygen atoms in total. The zero-order chi connectivity index (χ0) is 25.1. The Hall–Kier alpha value is -3.65. The van der Waals surface area contributed by atoms with Crippen molar-refractivity contribution in [3.05, 3.63) is 90.1 Å². The number of hydrogen-bond acceptors (Lipinski definition) is 7. The SMILES string of the molecule is CCOC(=O)C1=C(C)N=c2s/c(=C\c3cccc(OC)c3OCC)c(=O)n2[C@H]1c1ccc(C)cc1. The van der Waals surface area contributed by atoms with Gasteiger partial charge in [0, 0.05) is 5.56 Å². The number of aryl methyl sites for hydroxylation is 1. The lowest BCUT2D eigenvalue weighted by atomic mass is 9.95. The summed E-state index contributed by atoms with van der Waals surface area (Å²) in [6, 6.07) is 12.7. The van der Waals surface area contributed by atoms with Gasteiger partial charge in [0.2, 0.25) is 0 Å². The molecule has 0 saturated heterocycles. The first-order chi connectivity index (χ1) is 16.9. The van der Waals surface area contributed by atoms with Crippen LogP contribution in [0.2, 0.25) is 0 Å². The Kier molecular flexibility index (Phi) is 7.21. The second kappa shape index (κ2) is 10.3. The molecule has 35 heavy (non-hydrogen) atoms. The molecule has 1 aromatic heterocycles. The van der Waals surface area contributed by atoms with E-state index in [2.05, 4.69) is 4.99 Å². The minimum absolute atomic E-state index is 0.233. The molecule has 0 amide bonds. The van der Waals surface area contributed by atoms with E-state index >= 15 is 0 Å². The van der Waals surface area contributed by atoms with Crippen LogP contribution in [0.4, 0.5) is 0 Å². The summed E-state index contributed by atoms with van der Waals surface area (Å²) in [7, 11) is 1.58. The van der Waals surface area contributed by atoms with Crippen LogP contribution in [0.3, 0.4) is 0 Å². The Morgan fingerprint density at radius 2 is 1.86 bits per heavy atom. The fourth-order valence-electron chi connectivity index (χ4n) is 4.10. The molecule has 3 aromatic rings. The third kappa shape index (κ3) is 4.66. The minimum Gasteiger partial charge on any atom is -0.493 e. The largest absolute Gasteiger partial charge is 0.493 e. The van der Waals surface area contributed by atoms with E-state index < -0.39 is 12.0 Å². The molecule has 0 N–H and O–H groups in total. The van der Waals surface area contributed by atoms with E-state index in [-0.39, 0.29) is 12.2 Å². The summed E-state index contributed by atoms with van der Waals surface area (Å²) in [5.41, 5.74) is 3.30. The zero-order valence-corrected chi connectivity index (χ0v) is 21.3. The average molecular weight is 493 g/mol. The lowest BCUT2D eigenvalue weighted by molar-refractivity contribution is -0.139. The van der Waals surface area contributed by atoms with Gasteiger partial charge in [0.1, 0.15) is 0 Å². The van der Waals surface area contributed by atoms with Crippen molar-refractivity contribution in [1.29, 1.82) is 0 Å². The number of nitrogens with zero attached hydrogens (tertiary/aromatic N) is 2. The van der Waals surface area contributed by atoms with Crippen molar-refractivity contribution in [3.8, 4) is 11.5 Å². The number of benzene rings is 2. The third-order valence-electron chi connectivity index (χ3n) is 5.71. The number of thiazole rings is 1. The number of allylic oxidation sites excluding steroid dienone is 1. The van der Waals surface area contributed by atoms with Crippen molar-refractivity contribution in [3.63, 3.8) is 0 Å². The molecule has 1 aliphatic rings. The van der Waals surface area contributed by atoms with E-state index in [1.807, 2.05) is 56.3 Å². The molecular weight excluding hydrogens is 464 g/mol. The maximum absolute atomic E-state index is 13.8. The van der Waals surface area contributed by atoms with E-state index in [4.69, 9.17) is 14.2 Å². The van der Waals surface area contributed by atoms with Crippen LogP contribution >= 0.6 is 11.3 Å². The smallest absolute Gasteiger partial charge is 0.338 e. The Morgan fingerprint density at radius 1 is 1.11 bits per heavy atom. The zero-order valence-electron chi connectivity index (χ0n) is 20.5. The van der Waals surface area contributed by atoms with Crippen LogP contribution in [0.15, 0.2) is 63.5 Å². The van der Waals surface area contributed by atoms with Crippen molar-refractivity contribution >= 4 is 23.4 Å². The number of hydrogen-bond donors (Lipinski definition) is 0. The van der Waals surface area contributed by atoms with Crippen molar-refractivity contribution in [2.24, 2.45) is 4.99 Å². The normalized spacial score (nSPS) is 15.5. The quantitative estimate of drug-likeness (QED) is 0.472. The van der Waals surface area contributed by atoms with Gasteiger partial charge in [-0.1, -0.05) is 53.3 Å². The highest BCUT2D eigenvalue weighted by Crippen LogP contribution is 2.32. The summed E-state index contributed by atoms with van der Waals surface area (Å²) in [6.45, 7) is 8.11. The van der Waals surface area contributed by atoms with E-state index in [9.17, 15) is 9.59 Å². The van der Waals surface area contributed by atoms with Crippen molar-refractivity contribution < 1.29 is 19.0 Å². The van der Waals surface area contributed by atoms with Crippen LogP contribution in [0.1, 0.15) is 43.5 Å². The predicted octanol–water partition coefficient (Wildman–Crippen LogP) is 3.51. The maximum atomic E-state index is 13.8. The van der Waals surface area contributed by atoms with Crippen molar-refractivity contribution in [2.45, 2.75) is 33.7 Å². The van der Waals surface area contributed by atoms with Gasteiger partial charge in [0.25, 0.3) is 5.56 Å². The van der Waals surface area contributed by atoms with Crippen LogP contribution in [-0.4, -0.2) is 30.9 Å². The third-order valence-corrected chi connectivity index (χ3v) is 6.70. The first-order valence-corrected chi connectivity index (χ1v) is 12.3. The Bertz CT molecular complexity index is 1460. The lowest BCUT2D eigenvalue weighted by Crippen LogP contribution is -2.39. The van der Waals surface area contributed by atoms with Gasteiger partial charge in [-0.05, 0) is 45.4 Å². The molecule has 0 aliphatic carbocycles. The summed E-state index contributed by atoms with van der Waals surface area (Å²) in [4.78, 5) is 31.9. The van der Waals surface area contributed by atoms with Crippen LogP contribution in [-0.2, 0) is 9.53 Å². The van der Waals surface area contributed by atoms with Gasteiger partial charge in [0.15, 0.2) is 16.3 Å². The van der Waals surface area contributed by atoms with Crippen LogP contribution in [0, 0.1) is 6.92 Å². The number of fused-ring (bicyclic) bond motifs is 1. The van der Waals surface area contributed by atoms with E-state index in [1.165, 1.54) is 11.3 Å². The molecule has 2 aromatic carbocycles. The highest BCUT2D eigenvalue weighted by atomic mass is 32.1. The molecule has 0 saturated carbocycles. The monoisotopic (exact) mass is 492 g/mol. The molecule has 1 aliphatic heterocycles. The number of ether oxygens (including phenoxy) is 3. The van der Waals surface area contributed by atoms with Gasteiger partial charge in [-0.25, -0.2) is 9.79 Å². The van der Waals surface area contributed by atoms with Crippen LogP contribution < -0.4 is 24.4 Å². The average Bonchev–Trinajstić information content (AvgIpc) is 3.14. The molecule has 1 atom stereocenters. The molecule has 182 valence electrons. The second-order valence-corrected chi connectivity index (χ2v) is 9.03. The molecule has 0 fully saturated rings. The molecule has 2 heterocycles. The molecule has 8 heteroatoms. The highest BCUT2D eigenvalue weighted by molar-refractivity contribution is 7.07. The topological polar surface area (TPSA) is 79.1 Å². The maximum Gasteiger partial charge on any atom is 0.338 e. The van der Waals surface area contributed by atoms with Gasteiger partial charge in [0.05, 0.1) is 42.2 Å². The summed E-state index contributed by atoms with van der Waals surface area (Å²) in [5, 5.41) is 0. The fourth-order valence-corrected chi connectivity index (χ4v) is 5.14. The fraction of sp³-hybridized carbons (Fsp3) is 0.296. The van der Waals surface area contributed by atoms with Crippen molar-refractivity contribution in [1.82, 2.24) is 4.57 Å². The first kappa shape index (κ1) is 24.5. The molecule has 0 spiro atoms. The number of rotatable bonds is 7. The molecule has 0 radical (unpaired) electrons.